The van der Waals surface area contributed by atoms with E-state index >= 15 is 0 Å². The van der Waals surface area contributed by atoms with Gasteiger partial charge in [0.05, 0.1) is 0 Å². The van der Waals surface area contributed by atoms with Crippen LogP contribution < -0.4 is 10.6 Å². The minimum Gasteiger partial charge on any atom is -0.366 e. The van der Waals surface area contributed by atoms with Crippen molar-refractivity contribution in [3.63, 3.8) is 0 Å². The molecular formula is C20H21N3. The Morgan fingerprint density at radius 2 is 1.22 bits per heavy atom. The van der Waals surface area contributed by atoms with Crippen molar-refractivity contribution in [2.45, 2.75) is 20.0 Å². The zero-order valence-electron chi connectivity index (χ0n) is 13.3. The topological polar surface area (TPSA) is 37.0 Å². The molecule has 3 rings (SSSR count). The molecule has 0 saturated carbocycles. The van der Waals surface area contributed by atoms with Gasteiger partial charge in [0.1, 0.15) is 11.6 Å². The summed E-state index contributed by atoms with van der Waals surface area (Å²) in [5, 5.41) is 6.72. The van der Waals surface area contributed by atoms with Crippen LogP contribution >= 0.6 is 0 Å². The van der Waals surface area contributed by atoms with E-state index in [9.17, 15) is 0 Å². The first-order chi connectivity index (χ1) is 11.3. The molecule has 2 N–H and O–H groups in total. The van der Waals surface area contributed by atoms with Crippen LogP contribution in [0.5, 0.6) is 0 Å². The number of aryl methyl sites for hydroxylation is 1. The average molecular weight is 303 g/mol. The maximum Gasteiger partial charge on any atom is 0.128 e. The second-order valence-corrected chi connectivity index (χ2v) is 5.59. The van der Waals surface area contributed by atoms with Crippen LogP contribution in [0.1, 0.15) is 16.7 Å². The Morgan fingerprint density at radius 1 is 0.652 bits per heavy atom. The van der Waals surface area contributed by atoms with Crippen molar-refractivity contribution < 1.29 is 0 Å². The third kappa shape index (κ3) is 4.58. The predicted octanol–water partition coefficient (Wildman–Crippen LogP) is 4.61. The molecule has 3 nitrogen and oxygen atoms in total. The van der Waals surface area contributed by atoms with Crippen molar-refractivity contribution in [2.24, 2.45) is 0 Å². The van der Waals surface area contributed by atoms with Crippen LogP contribution in [0.4, 0.5) is 11.6 Å². The SMILES string of the molecule is Cc1ccc(CNc2cccc(NCc3ccccc3)n2)cc1. The van der Waals surface area contributed by atoms with Gasteiger partial charge in [-0.15, -0.1) is 0 Å². The molecule has 0 fully saturated rings. The van der Waals surface area contributed by atoms with E-state index in [1.165, 1.54) is 16.7 Å². The first-order valence-electron chi connectivity index (χ1n) is 7.84. The summed E-state index contributed by atoms with van der Waals surface area (Å²) in [7, 11) is 0. The first kappa shape index (κ1) is 15.1. The van der Waals surface area contributed by atoms with Crippen molar-refractivity contribution in [3.8, 4) is 0 Å². The predicted molar refractivity (Wildman–Crippen MR) is 96.5 cm³/mol. The number of aromatic nitrogens is 1. The lowest BCUT2D eigenvalue weighted by atomic mass is 10.1. The van der Waals surface area contributed by atoms with Crippen LogP contribution in [-0.4, -0.2) is 4.98 Å². The van der Waals surface area contributed by atoms with E-state index in [0.717, 1.165) is 24.7 Å². The van der Waals surface area contributed by atoms with Crippen molar-refractivity contribution in [3.05, 3.63) is 89.5 Å². The van der Waals surface area contributed by atoms with E-state index in [1.54, 1.807) is 0 Å². The first-order valence-corrected chi connectivity index (χ1v) is 7.84. The van der Waals surface area contributed by atoms with Gasteiger partial charge in [0.15, 0.2) is 0 Å². The third-order valence-electron chi connectivity index (χ3n) is 3.66. The van der Waals surface area contributed by atoms with E-state index < -0.39 is 0 Å². The second kappa shape index (κ2) is 7.45. The van der Waals surface area contributed by atoms with Crippen LogP contribution in [0.15, 0.2) is 72.8 Å². The molecule has 3 heteroatoms. The fraction of sp³-hybridized carbons (Fsp3) is 0.150. The van der Waals surface area contributed by atoms with Crippen molar-refractivity contribution in [1.82, 2.24) is 4.98 Å². The Kier molecular flexibility index (Phi) is 4.89. The summed E-state index contributed by atoms with van der Waals surface area (Å²) in [5.41, 5.74) is 3.77. The molecule has 1 aromatic heterocycles. The summed E-state index contributed by atoms with van der Waals surface area (Å²) in [6.07, 6.45) is 0. The summed E-state index contributed by atoms with van der Waals surface area (Å²) < 4.78 is 0. The van der Waals surface area contributed by atoms with Gasteiger partial charge in [0, 0.05) is 13.1 Å². The quantitative estimate of drug-likeness (QED) is 0.698. The number of benzene rings is 2. The molecule has 0 aliphatic rings. The Balaban J connectivity index is 1.57. The van der Waals surface area contributed by atoms with Crippen molar-refractivity contribution in [2.75, 3.05) is 10.6 Å². The standard InChI is InChI=1S/C20H21N3/c1-16-10-12-18(13-11-16)15-22-20-9-5-8-19(23-20)21-14-17-6-3-2-4-7-17/h2-13H,14-15H2,1H3,(H2,21,22,23). The molecule has 0 aliphatic carbocycles. The molecule has 0 atom stereocenters. The molecule has 116 valence electrons. The number of rotatable bonds is 6. The Bertz CT molecular complexity index is 736. The number of hydrogen-bond donors (Lipinski definition) is 2. The molecule has 0 amide bonds. The van der Waals surface area contributed by atoms with E-state index in [-0.39, 0.29) is 0 Å². The highest BCUT2D eigenvalue weighted by atomic mass is 15.1. The zero-order valence-corrected chi connectivity index (χ0v) is 13.3. The largest absolute Gasteiger partial charge is 0.366 e. The van der Waals surface area contributed by atoms with Gasteiger partial charge in [0.2, 0.25) is 0 Å². The minimum absolute atomic E-state index is 0.773. The van der Waals surface area contributed by atoms with Crippen LogP contribution in [0.3, 0.4) is 0 Å². The monoisotopic (exact) mass is 303 g/mol. The highest BCUT2D eigenvalue weighted by molar-refractivity contribution is 5.46. The molecule has 2 aromatic carbocycles. The number of nitrogens with one attached hydrogen (secondary N) is 2. The van der Waals surface area contributed by atoms with Gasteiger partial charge in [-0.3, -0.25) is 0 Å². The van der Waals surface area contributed by atoms with E-state index in [1.807, 2.05) is 36.4 Å². The molecule has 0 spiro atoms. The summed E-state index contributed by atoms with van der Waals surface area (Å²) in [4.78, 5) is 4.60. The fourth-order valence-electron chi connectivity index (χ4n) is 2.32. The zero-order chi connectivity index (χ0) is 15.9. The van der Waals surface area contributed by atoms with Crippen LogP contribution in [0, 0.1) is 6.92 Å². The van der Waals surface area contributed by atoms with Gasteiger partial charge in [0.25, 0.3) is 0 Å². The van der Waals surface area contributed by atoms with Crippen molar-refractivity contribution >= 4 is 11.6 Å². The highest BCUT2D eigenvalue weighted by Gasteiger charge is 1.99. The van der Waals surface area contributed by atoms with Gasteiger partial charge < -0.3 is 10.6 Å². The summed E-state index contributed by atoms with van der Waals surface area (Å²) in [6, 6.07) is 24.8. The number of nitrogens with zero attached hydrogens (tertiary/aromatic N) is 1. The number of hydrogen-bond acceptors (Lipinski definition) is 3. The Hall–Kier alpha value is -2.81. The van der Waals surface area contributed by atoms with Crippen LogP contribution in [0.2, 0.25) is 0 Å². The summed E-state index contributed by atoms with van der Waals surface area (Å²) >= 11 is 0. The lowest BCUT2D eigenvalue weighted by Gasteiger charge is -2.09. The van der Waals surface area contributed by atoms with Gasteiger partial charge in [-0.2, -0.15) is 0 Å². The smallest absolute Gasteiger partial charge is 0.128 e. The summed E-state index contributed by atoms with van der Waals surface area (Å²) in [5.74, 6) is 1.76. The Morgan fingerprint density at radius 3 is 1.83 bits per heavy atom. The molecule has 0 aliphatic heterocycles. The van der Waals surface area contributed by atoms with Crippen molar-refractivity contribution in [1.29, 1.82) is 0 Å². The third-order valence-corrected chi connectivity index (χ3v) is 3.66. The van der Waals surface area contributed by atoms with Gasteiger partial charge >= 0.3 is 0 Å². The van der Waals surface area contributed by atoms with Crippen LogP contribution in [-0.2, 0) is 13.1 Å². The lowest BCUT2D eigenvalue weighted by Crippen LogP contribution is -2.05. The molecule has 1 heterocycles. The van der Waals surface area contributed by atoms with Gasteiger partial charge in [-0.05, 0) is 30.2 Å². The van der Waals surface area contributed by atoms with E-state index in [4.69, 9.17) is 0 Å². The minimum atomic E-state index is 0.773. The normalized spacial score (nSPS) is 10.3. The molecule has 0 unspecified atom stereocenters. The highest BCUT2D eigenvalue weighted by Crippen LogP contribution is 2.12. The van der Waals surface area contributed by atoms with E-state index in [0.29, 0.717) is 0 Å². The molecule has 0 radical (unpaired) electrons. The Labute approximate surface area is 137 Å². The molecule has 0 bridgehead atoms. The molecule has 23 heavy (non-hydrogen) atoms. The maximum atomic E-state index is 4.60. The van der Waals surface area contributed by atoms with Gasteiger partial charge in [-0.25, -0.2) is 4.98 Å². The number of anilines is 2. The summed E-state index contributed by atoms with van der Waals surface area (Å²) in [6.45, 7) is 3.64. The van der Waals surface area contributed by atoms with E-state index in [2.05, 4.69) is 58.9 Å². The molecule has 0 saturated heterocycles. The lowest BCUT2D eigenvalue weighted by molar-refractivity contribution is 1.08. The molecule has 3 aromatic rings. The average Bonchev–Trinajstić information content (AvgIpc) is 2.61. The maximum absolute atomic E-state index is 4.60. The number of pyridine rings is 1. The molecular weight excluding hydrogens is 282 g/mol. The second-order valence-electron chi connectivity index (χ2n) is 5.59. The van der Waals surface area contributed by atoms with Gasteiger partial charge in [-0.1, -0.05) is 66.2 Å². The van der Waals surface area contributed by atoms with Crippen LogP contribution in [0.25, 0.3) is 0 Å². The fourth-order valence-corrected chi connectivity index (χ4v) is 2.32.